The minimum Gasteiger partial charge on any atom is -0.469 e. The van der Waals surface area contributed by atoms with Gasteiger partial charge in [0.2, 0.25) is 0 Å². The van der Waals surface area contributed by atoms with Crippen LogP contribution in [-0.4, -0.2) is 51.3 Å². The summed E-state index contributed by atoms with van der Waals surface area (Å²) >= 11 is 0. The molecule has 2 aliphatic rings. The zero-order chi connectivity index (χ0) is 18.1. The molecule has 0 spiro atoms. The van der Waals surface area contributed by atoms with Gasteiger partial charge in [-0.2, -0.15) is 0 Å². The molecule has 0 aliphatic carbocycles. The third-order valence-electron chi connectivity index (χ3n) is 5.71. The molecule has 0 saturated carbocycles. The molecule has 0 amide bonds. The molecule has 6 nitrogen and oxygen atoms in total. The molecule has 0 aromatic heterocycles. The van der Waals surface area contributed by atoms with Gasteiger partial charge in [0, 0.05) is 12.1 Å². The van der Waals surface area contributed by atoms with Gasteiger partial charge in [-0.3, -0.25) is 9.59 Å². The second-order valence-corrected chi connectivity index (χ2v) is 7.30. The second kappa shape index (κ2) is 10.8. The van der Waals surface area contributed by atoms with Crippen molar-refractivity contribution in [2.75, 3.05) is 27.3 Å². The largest absolute Gasteiger partial charge is 0.469 e. The van der Waals surface area contributed by atoms with Crippen LogP contribution in [0.4, 0.5) is 0 Å². The van der Waals surface area contributed by atoms with Crippen LogP contribution in [0, 0.1) is 11.8 Å². The molecule has 2 aliphatic heterocycles. The zero-order valence-electron chi connectivity index (χ0n) is 15.7. The zero-order valence-corrected chi connectivity index (χ0v) is 15.7. The summed E-state index contributed by atoms with van der Waals surface area (Å²) in [5, 5.41) is 6.93. The van der Waals surface area contributed by atoms with Crippen LogP contribution in [0.25, 0.3) is 0 Å². The normalized spacial score (nSPS) is 26.5. The number of methoxy groups -OCH3 is 2. The summed E-state index contributed by atoms with van der Waals surface area (Å²) in [6, 6.07) is 0.399. The van der Waals surface area contributed by atoms with Crippen molar-refractivity contribution in [1.29, 1.82) is 0 Å². The third kappa shape index (κ3) is 5.96. The van der Waals surface area contributed by atoms with Gasteiger partial charge in [0.15, 0.2) is 0 Å². The maximum Gasteiger partial charge on any atom is 0.310 e. The molecule has 2 rings (SSSR count). The number of rotatable bonds is 8. The predicted octanol–water partition coefficient (Wildman–Crippen LogP) is 2.02. The van der Waals surface area contributed by atoms with Gasteiger partial charge in [0.1, 0.15) is 0 Å². The Kier molecular flexibility index (Phi) is 8.68. The van der Waals surface area contributed by atoms with Crippen LogP contribution in [0.5, 0.6) is 0 Å². The van der Waals surface area contributed by atoms with Gasteiger partial charge in [-0.15, -0.1) is 0 Å². The van der Waals surface area contributed by atoms with Crippen molar-refractivity contribution in [3.05, 3.63) is 0 Å². The van der Waals surface area contributed by atoms with Gasteiger partial charge >= 0.3 is 11.9 Å². The molecule has 2 saturated heterocycles. The predicted molar refractivity (Wildman–Crippen MR) is 96.1 cm³/mol. The molecule has 4 atom stereocenters. The topological polar surface area (TPSA) is 76.7 Å². The summed E-state index contributed by atoms with van der Waals surface area (Å²) < 4.78 is 10.1. The number of piperidine rings is 2. The van der Waals surface area contributed by atoms with Crippen molar-refractivity contribution in [2.24, 2.45) is 11.8 Å². The minimum absolute atomic E-state index is 0.122. The fourth-order valence-corrected chi connectivity index (χ4v) is 4.27. The highest BCUT2D eigenvalue weighted by Gasteiger charge is 2.33. The first kappa shape index (κ1) is 20.2. The molecule has 2 N–H and O–H groups in total. The first-order valence-corrected chi connectivity index (χ1v) is 9.79. The van der Waals surface area contributed by atoms with E-state index < -0.39 is 0 Å². The molecule has 25 heavy (non-hydrogen) atoms. The van der Waals surface area contributed by atoms with E-state index in [0.717, 1.165) is 58.0 Å². The average Bonchev–Trinajstić information content (AvgIpc) is 2.68. The summed E-state index contributed by atoms with van der Waals surface area (Å²) in [4.78, 5) is 24.4. The standard InChI is InChI=1S/C19H34N2O4/c1-24-18(22)14(16-10-3-5-12-20-16)8-7-9-15(19(23)25-2)17-11-4-6-13-21-17/h14-17,20-21H,3-13H2,1-2H3. The quantitative estimate of drug-likeness (QED) is 0.650. The van der Waals surface area contributed by atoms with Crippen LogP contribution in [-0.2, 0) is 19.1 Å². The van der Waals surface area contributed by atoms with Gasteiger partial charge in [-0.25, -0.2) is 0 Å². The SMILES string of the molecule is COC(=O)C(CCCC(C(=O)OC)C1CCCCN1)C1CCCCN1. The van der Waals surface area contributed by atoms with Crippen molar-refractivity contribution >= 4 is 11.9 Å². The first-order chi connectivity index (χ1) is 12.2. The van der Waals surface area contributed by atoms with Crippen LogP contribution >= 0.6 is 0 Å². The highest BCUT2D eigenvalue weighted by Crippen LogP contribution is 2.26. The van der Waals surface area contributed by atoms with E-state index in [4.69, 9.17) is 9.47 Å². The van der Waals surface area contributed by atoms with E-state index in [1.54, 1.807) is 0 Å². The molecular weight excluding hydrogens is 320 g/mol. The number of hydrogen-bond donors (Lipinski definition) is 2. The lowest BCUT2D eigenvalue weighted by molar-refractivity contribution is -0.147. The highest BCUT2D eigenvalue weighted by atomic mass is 16.5. The van der Waals surface area contributed by atoms with Crippen molar-refractivity contribution in [3.63, 3.8) is 0 Å². The van der Waals surface area contributed by atoms with E-state index in [0.29, 0.717) is 0 Å². The minimum atomic E-state index is -0.134. The molecular formula is C19H34N2O4. The van der Waals surface area contributed by atoms with Gasteiger partial charge in [0.25, 0.3) is 0 Å². The number of carbonyl (C=O) groups is 2. The molecule has 2 heterocycles. The maximum absolute atomic E-state index is 12.2. The lowest BCUT2D eigenvalue weighted by Gasteiger charge is -2.31. The summed E-state index contributed by atoms with van der Waals surface area (Å²) in [6.45, 7) is 1.93. The lowest BCUT2D eigenvalue weighted by Crippen LogP contribution is -2.44. The van der Waals surface area contributed by atoms with Gasteiger partial charge in [0.05, 0.1) is 26.1 Å². The summed E-state index contributed by atoms with van der Waals surface area (Å²) in [6.07, 6.45) is 9.02. The van der Waals surface area contributed by atoms with Crippen LogP contribution in [0.15, 0.2) is 0 Å². The van der Waals surface area contributed by atoms with E-state index in [9.17, 15) is 9.59 Å². The Morgan fingerprint density at radius 2 is 1.28 bits per heavy atom. The van der Waals surface area contributed by atoms with Gasteiger partial charge in [-0.1, -0.05) is 19.3 Å². The van der Waals surface area contributed by atoms with E-state index in [2.05, 4.69) is 10.6 Å². The van der Waals surface area contributed by atoms with Crippen molar-refractivity contribution < 1.29 is 19.1 Å². The van der Waals surface area contributed by atoms with E-state index in [-0.39, 0.29) is 35.9 Å². The number of esters is 2. The number of hydrogen-bond acceptors (Lipinski definition) is 6. The monoisotopic (exact) mass is 354 g/mol. The van der Waals surface area contributed by atoms with Crippen molar-refractivity contribution in [1.82, 2.24) is 10.6 Å². The third-order valence-corrected chi connectivity index (χ3v) is 5.71. The Morgan fingerprint density at radius 3 is 1.60 bits per heavy atom. The Balaban J connectivity index is 1.90. The van der Waals surface area contributed by atoms with Crippen molar-refractivity contribution in [3.8, 4) is 0 Å². The number of nitrogens with one attached hydrogen (secondary N) is 2. The summed E-state index contributed by atoms with van der Waals surface area (Å²) in [5.74, 6) is -0.513. The van der Waals surface area contributed by atoms with Crippen LogP contribution in [0.2, 0.25) is 0 Å². The first-order valence-electron chi connectivity index (χ1n) is 9.79. The second-order valence-electron chi connectivity index (χ2n) is 7.30. The van der Waals surface area contributed by atoms with Crippen LogP contribution in [0.1, 0.15) is 57.8 Å². The highest BCUT2D eigenvalue weighted by molar-refractivity contribution is 5.74. The fourth-order valence-electron chi connectivity index (χ4n) is 4.27. The smallest absolute Gasteiger partial charge is 0.310 e. The Bertz CT molecular complexity index is 380. The number of ether oxygens (including phenoxy) is 2. The average molecular weight is 354 g/mol. The Labute approximate surface area is 151 Å². The van der Waals surface area contributed by atoms with Gasteiger partial charge < -0.3 is 20.1 Å². The van der Waals surface area contributed by atoms with E-state index in [1.165, 1.54) is 27.1 Å². The van der Waals surface area contributed by atoms with Crippen LogP contribution < -0.4 is 10.6 Å². The summed E-state index contributed by atoms with van der Waals surface area (Å²) in [7, 11) is 2.92. The molecule has 0 aromatic rings. The lowest BCUT2D eigenvalue weighted by atomic mass is 9.84. The fraction of sp³-hybridized carbons (Fsp3) is 0.895. The number of carbonyl (C=O) groups excluding carboxylic acids is 2. The molecule has 0 aromatic carbocycles. The maximum atomic E-state index is 12.2. The van der Waals surface area contributed by atoms with Gasteiger partial charge in [-0.05, 0) is 51.6 Å². The van der Waals surface area contributed by atoms with E-state index in [1.807, 2.05) is 0 Å². The molecule has 6 heteroatoms. The molecule has 4 unspecified atom stereocenters. The molecule has 144 valence electrons. The molecule has 0 bridgehead atoms. The van der Waals surface area contributed by atoms with Crippen molar-refractivity contribution in [2.45, 2.75) is 69.9 Å². The van der Waals surface area contributed by atoms with E-state index >= 15 is 0 Å². The molecule has 0 radical (unpaired) electrons. The van der Waals surface area contributed by atoms with Crippen LogP contribution in [0.3, 0.4) is 0 Å². The molecule has 2 fully saturated rings. The Morgan fingerprint density at radius 1 is 0.840 bits per heavy atom. The summed E-state index contributed by atoms with van der Waals surface area (Å²) in [5.41, 5.74) is 0. The Hall–Kier alpha value is -1.14.